The van der Waals surface area contributed by atoms with E-state index in [0.717, 1.165) is 13.0 Å². The van der Waals surface area contributed by atoms with Gasteiger partial charge in [-0.15, -0.1) is 0 Å². The van der Waals surface area contributed by atoms with Crippen LogP contribution in [0, 0.1) is 5.92 Å². The van der Waals surface area contributed by atoms with Crippen LogP contribution in [0.3, 0.4) is 0 Å². The summed E-state index contributed by atoms with van der Waals surface area (Å²) in [6, 6.07) is 0. The lowest BCUT2D eigenvalue weighted by Crippen LogP contribution is -2.51. The first-order valence-electron chi connectivity index (χ1n) is 5.51. The van der Waals surface area contributed by atoms with Gasteiger partial charge in [0.25, 0.3) is 0 Å². The fourth-order valence-electron chi connectivity index (χ4n) is 1.80. The minimum Gasteiger partial charge on any atom is -0.394 e. The van der Waals surface area contributed by atoms with Gasteiger partial charge in [-0.2, -0.15) is 0 Å². The van der Waals surface area contributed by atoms with Gasteiger partial charge < -0.3 is 10.0 Å². The molecule has 1 aliphatic heterocycles. The number of hydrogen-bond donors (Lipinski definition) is 1. The van der Waals surface area contributed by atoms with Crippen LogP contribution in [0.2, 0.25) is 0 Å². The first-order chi connectivity index (χ1) is 6.88. The summed E-state index contributed by atoms with van der Waals surface area (Å²) in [5, 5.41) is 9.22. The molecule has 1 N–H and O–H groups in total. The third-order valence-electron chi connectivity index (χ3n) is 3.06. The Bertz CT molecular complexity index is 279. The molecule has 0 aromatic heterocycles. The van der Waals surface area contributed by atoms with Crippen molar-refractivity contribution < 1.29 is 9.90 Å². The van der Waals surface area contributed by atoms with Crippen LogP contribution in [0.4, 0.5) is 0 Å². The first-order valence-corrected chi connectivity index (χ1v) is 5.51. The number of aliphatic hydroxyl groups is 1. The normalized spacial score (nSPS) is 18.4. The van der Waals surface area contributed by atoms with Crippen LogP contribution >= 0.6 is 0 Å². The van der Waals surface area contributed by atoms with Gasteiger partial charge in [0.2, 0.25) is 5.91 Å². The zero-order chi connectivity index (χ0) is 11.6. The second-order valence-corrected chi connectivity index (χ2v) is 5.08. The lowest BCUT2D eigenvalue weighted by molar-refractivity contribution is -0.133. The predicted molar refractivity (Wildman–Crippen MR) is 60.4 cm³/mol. The Morgan fingerprint density at radius 1 is 1.53 bits per heavy atom. The first kappa shape index (κ1) is 12.2. The minimum atomic E-state index is -0.448. The minimum absolute atomic E-state index is 0.00356. The van der Waals surface area contributed by atoms with Crippen LogP contribution in [-0.2, 0) is 4.79 Å². The van der Waals surface area contributed by atoms with E-state index >= 15 is 0 Å². The number of carbonyl (C=O) groups is 1. The fourth-order valence-corrected chi connectivity index (χ4v) is 1.80. The van der Waals surface area contributed by atoms with Gasteiger partial charge in [0.1, 0.15) is 0 Å². The highest BCUT2D eigenvalue weighted by atomic mass is 16.3. The van der Waals surface area contributed by atoms with Gasteiger partial charge in [0, 0.05) is 12.6 Å². The van der Waals surface area contributed by atoms with Crippen LogP contribution in [0.1, 0.15) is 34.1 Å². The second kappa shape index (κ2) is 4.35. The van der Waals surface area contributed by atoms with Crippen molar-refractivity contribution in [2.45, 2.75) is 39.7 Å². The van der Waals surface area contributed by atoms with Gasteiger partial charge in [-0.1, -0.05) is 19.4 Å². The van der Waals surface area contributed by atoms with E-state index in [1.807, 2.05) is 13.8 Å². The Hall–Kier alpha value is -0.830. The molecule has 86 valence electrons. The summed E-state index contributed by atoms with van der Waals surface area (Å²) in [5.74, 6) is 0.470. The van der Waals surface area contributed by atoms with Crippen molar-refractivity contribution in [3.63, 3.8) is 0 Å². The SMILES string of the molecule is CC(C)C1=CC(=O)N(C(C)(C)CO)CC1. The Morgan fingerprint density at radius 2 is 2.13 bits per heavy atom. The fraction of sp³-hybridized carbons (Fsp3) is 0.750. The number of carbonyl (C=O) groups excluding carboxylic acids is 1. The Labute approximate surface area is 91.8 Å². The number of hydrogen-bond acceptors (Lipinski definition) is 2. The van der Waals surface area contributed by atoms with Gasteiger partial charge in [0.05, 0.1) is 12.1 Å². The molecule has 0 aromatic rings. The van der Waals surface area contributed by atoms with Crippen LogP contribution in [0.5, 0.6) is 0 Å². The topological polar surface area (TPSA) is 40.5 Å². The molecule has 0 unspecified atom stereocenters. The van der Waals surface area contributed by atoms with E-state index in [0.29, 0.717) is 5.92 Å². The zero-order valence-electron chi connectivity index (χ0n) is 10.1. The summed E-state index contributed by atoms with van der Waals surface area (Å²) >= 11 is 0. The highest BCUT2D eigenvalue weighted by Gasteiger charge is 2.31. The maximum Gasteiger partial charge on any atom is 0.247 e. The summed E-state index contributed by atoms with van der Waals surface area (Å²) in [5.41, 5.74) is 0.765. The maximum atomic E-state index is 11.9. The molecule has 0 radical (unpaired) electrons. The molecule has 1 aliphatic rings. The van der Waals surface area contributed by atoms with E-state index in [4.69, 9.17) is 0 Å². The molecule has 15 heavy (non-hydrogen) atoms. The van der Waals surface area contributed by atoms with Crippen molar-refractivity contribution in [2.75, 3.05) is 13.2 Å². The summed E-state index contributed by atoms with van der Waals surface area (Å²) < 4.78 is 0. The van der Waals surface area contributed by atoms with Gasteiger partial charge in [-0.3, -0.25) is 4.79 Å². The maximum absolute atomic E-state index is 11.9. The van der Waals surface area contributed by atoms with Crippen molar-refractivity contribution in [3.05, 3.63) is 11.6 Å². The summed E-state index contributed by atoms with van der Waals surface area (Å²) in [6.07, 6.45) is 2.65. The van der Waals surface area contributed by atoms with Crippen LogP contribution in [0.25, 0.3) is 0 Å². The molecule has 0 aromatic carbocycles. The summed E-state index contributed by atoms with van der Waals surface area (Å²) in [6.45, 7) is 8.70. The Balaban J connectivity index is 2.82. The van der Waals surface area contributed by atoms with Crippen LogP contribution in [0.15, 0.2) is 11.6 Å². The predicted octanol–water partition coefficient (Wildman–Crippen LogP) is 1.57. The van der Waals surface area contributed by atoms with Gasteiger partial charge >= 0.3 is 0 Å². The van der Waals surface area contributed by atoms with Crippen molar-refractivity contribution in [3.8, 4) is 0 Å². The third-order valence-corrected chi connectivity index (χ3v) is 3.06. The highest BCUT2D eigenvalue weighted by Crippen LogP contribution is 2.24. The van der Waals surface area contributed by atoms with Crippen LogP contribution < -0.4 is 0 Å². The zero-order valence-corrected chi connectivity index (χ0v) is 10.1. The molecule has 1 rings (SSSR count). The standard InChI is InChI=1S/C12H21NO2/c1-9(2)10-5-6-13(11(15)7-10)12(3,4)8-14/h7,9,14H,5-6,8H2,1-4H3. The molecule has 0 fully saturated rings. The molecule has 0 saturated heterocycles. The van der Waals surface area contributed by atoms with Gasteiger partial charge in [0.15, 0.2) is 0 Å². The molecule has 0 spiro atoms. The highest BCUT2D eigenvalue weighted by molar-refractivity contribution is 5.89. The molecular weight excluding hydrogens is 190 g/mol. The molecule has 0 aliphatic carbocycles. The summed E-state index contributed by atoms with van der Waals surface area (Å²) in [4.78, 5) is 13.6. The average Bonchev–Trinajstić information content (AvgIpc) is 2.17. The lowest BCUT2D eigenvalue weighted by atomic mass is 9.93. The average molecular weight is 211 g/mol. The molecule has 0 atom stereocenters. The molecule has 1 heterocycles. The van der Waals surface area contributed by atoms with E-state index in [1.165, 1.54) is 5.57 Å². The second-order valence-electron chi connectivity index (χ2n) is 5.08. The number of nitrogens with zero attached hydrogens (tertiary/aromatic N) is 1. The number of aliphatic hydroxyl groups excluding tert-OH is 1. The van der Waals surface area contributed by atoms with E-state index in [2.05, 4.69) is 13.8 Å². The molecular formula is C12H21NO2. The molecule has 0 saturated carbocycles. The molecule has 3 nitrogen and oxygen atoms in total. The van der Waals surface area contributed by atoms with E-state index in [9.17, 15) is 9.90 Å². The van der Waals surface area contributed by atoms with E-state index in [-0.39, 0.29) is 12.5 Å². The third kappa shape index (κ3) is 2.59. The smallest absolute Gasteiger partial charge is 0.247 e. The van der Waals surface area contributed by atoms with Crippen molar-refractivity contribution in [1.82, 2.24) is 4.90 Å². The lowest BCUT2D eigenvalue weighted by Gasteiger charge is -2.39. The molecule has 1 amide bonds. The number of rotatable bonds is 3. The van der Waals surface area contributed by atoms with Crippen molar-refractivity contribution in [1.29, 1.82) is 0 Å². The molecule has 0 bridgehead atoms. The monoisotopic (exact) mass is 211 g/mol. The summed E-state index contributed by atoms with van der Waals surface area (Å²) in [7, 11) is 0. The largest absolute Gasteiger partial charge is 0.394 e. The quantitative estimate of drug-likeness (QED) is 0.770. The number of amides is 1. The van der Waals surface area contributed by atoms with Gasteiger partial charge in [-0.25, -0.2) is 0 Å². The van der Waals surface area contributed by atoms with Crippen molar-refractivity contribution >= 4 is 5.91 Å². The van der Waals surface area contributed by atoms with Crippen LogP contribution in [-0.4, -0.2) is 34.6 Å². The van der Waals surface area contributed by atoms with E-state index in [1.54, 1.807) is 11.0 Å². The molecule has 3 heteroatoms. The van der Waals surface area contributed by atoms with E-state index < -0.39 is 5.54 Å². The Kier molecular flexibility index (Phi) is 3.55. The van der Waals surface area contributed by atoms with Gasteiger partial charge in [-0.05, 0) is 26.2 Å². The Morgan fingerprint density at radius 3 is 2.53 bits per heavy atom. The van der Waals surface area contributed by atoms with Crippen molar-refractivity contribution in [2.24, 2.45) is 5.92 Å².